The van der Waals surface area contributed by atoms with E-state index >= 15 is 0 Å². The molecule has 0 aliphatic carbocycles. The van der Waals surface area contributed by atoms with Crippen molar-refractivity contribution in [3.63, 3.8) is 0 Å². The second-order valence-electron chi connectivity index (χ2n) is 3.74. The van der Waals surface area contributed by atoms with Gasteiger partial charge in [-0.25, -0.2) is 10.2 Å². The van der Waals surface area contributed by atoms with E-state index in [9.17, 15) is 4.39 Å². The molecule has 6 nitrogen and oxygen atoms in total. The van der Waals surface area contributed by atoms with Gasteiger partial charge in [-0.1, -0.05) is 17.7 Å². The van der Waals surface area contributed by atoms with Gasteiger partial charge in [0.25, 0.3) is 0 Å². The maximum atomic E-state index is 13.0. The molecule has 2 rings (SSSR count). The van der Waals surface area contributed by atoms with Crippen molar-refractivity contribution in [2.24, 2.45) is 5.84 Å². The number of hydrazine groups is 1. The smallest absolute Gasteiger partial charge is 0.223 e. The van der Waals surface area contributed by atoms with Crippen LogP contribution in [0.15, 0.2) is 24.3 Å². The van der Waals surface area contributed by atoms with Crippen molar-refractivity contribution in [1.29, 1.82) is 0 Å². The van der Waals surface area contributed by atoms with Gasteiger partial charge in [-0.3, -0.25) is 0 Å². The van der Waals surface area contributed by atoms with E-state index < -0.39 is 5.82 Å². The van der Waals surface area contributed by atoms with Gasteiger partial charge in [0.1, 0.15) is 17.5 Å². The first kappa shape index (κ1) is 13.3. The lowest BCUT2D eigenvalue weighted by Gasteiger charge is -2.08. The molecule has 0 spiro atoms. The zero-order valence-corrected chi connectivity index (χ0v) is 10.6. The Hall–Kier alpha value is -2.12. The summed E-state index contributed by atoms with van der Waals surface area (Å²) in [5, 5.41) is 3.09. The average molecular weight is 283 g/mol. The van der Waals surface area contributed by atoms with Crippen LogP contribution in [0.3, 0.4) is 0 Å². The summed E-state index contributed by atoms with van der Waals surface area (Å²) in [6.07, 6.45) is 0. The lowest BCUT2D eigenvalue weighted by atomic mass is 10.2. The number of nitrogens with zero attached hydrogens (tertiary/aromatic N) is 2. The molecule has 0 bridgehead atoms. The molecule has 0 aliphatic rings. The van der Waals surface area contributed by atoms with Crippen LogP contribution in [0.1, 0.15) is 5.56 Å². The molecule has 6 N–H and O–H groups in total. The predicted octanol–water partition coefficient (Wildman–Crippen LogP) is 1.75. The van der Waals surface area contributed by atoms with Crippen LogP contribution in [-0.4, -0.2) is 9.97 Å². The summed E-state index contributed by atoms with van der Waals surface area (Å²) in [6.45, 7) is 0.417. The second kappa shape index (κ2) is 5.68. The summed E-state index contributed by atoms with van der Waals surface area (Å²) in [5.74, 6) is 5.79. The summed E-state index contributed by atoms with van der Waals surface area (Å²) < 4.78 is 13.0. The summed E-state index contributed by atoms with van der Waals surface area (Å²) in [7, 11) is 0. The molecule has 0 unspecified atom stereocenters. The van der Waals surface area contributed by atoms with E-state index in [1.807, 2.05) is 0 Å². The highest BCUT2D eigenvalue weighted by Gasteiger charge is 2.03. The number of rotatable bonds is 4. The number of halogens is 2. The maximum absolute atomic E-state index is 13.0. The van der Waals surface area contributed by atoms with Crippen LogP contribution in [0.4, 0.5) is 22.0 Å². The normalized spacial score (nSPS) is 10.3. The lowest BCUT2D eigenvalue weighted by molar-refractivity contribution is 0.627. The fourth-order valence-corrected chi connectivity index (χ4v) is 1.68. The molecule has 0 saturated carbocycles. The SMILES string of the molecule is NNc1cc(NCc2ccc(F)c(Cl)c2)nc(N)n1. The fourth-order valence-electron chi connectivity index (χ4n) is 1.47. The van der Waals surface area contributed by atoms with Gasteiger partial charge in [0.2, 0.25) is 5.95 Å². The van der Waals surface area contributed by atoms with Gasteiger partial charge in [-0.15, -0.1) is 0 Å². The standard InChI is InChI=1S/C11H12ClFN6/c12-7-3-6(1-2-8(7)13)5-16-9-4-10(19-15)18-11(14)17-9/h1-4H,5,15H2,(H4,14,16,17,18,19). The highest BCUT2D eigenvalue weighted by molar-refractivity contribution is 6.30. The summed E-state index contributed by atoms with van der Waals surface area (Å²) in [4.78, 5) is 7.84. The van der Waals surface area contributed by atoms with E-state index in [1.165, 1.54) is 12.1 Å². The molecule has 1 heterocycles. The average Bonchev–Trinajstić information content (AvgIpc) is 2.39. The largest absolute Gasteiger partial charge is 0.368 e. The van der Waals surface area contributed by atoms with Gasteiger partial charge < -0.3 is 16.5 Å². The maximum Gasteiger partial charge on any atom is 0.223 e. The Morgan fingerprint density at radius 1 is 1.21 bits per heavy atom. The molecule has 0 amide bonds. The quantitative estimate of drug-likeness (QED) is 0.503. The molecule has 0 saturated heterocycles. The Labute approximate surface area is 114 Å². The van der Waals surface area contributed by atoms with Crippen molar-refractivity contribution < 1.29 is 4.39 Å². The summed E-state index contributed by atoms with van der Waals surface area (Å²) >= 11 is 5.69. The molecule has 0 fully saturated rings. The molecule has 2 aromatic rings. The Morgan fingerprint density at radius 2 is 1.95 bits per heavy atom. The molecule has 0 atom stereocenters. The molecule has 0 aliphatic heterocycles. The van der Waals surface area contributed by atoms with Crippen molar-refractivity contribution in [2.75, 3.05) is 16.5 Å². The van der Waals surface area contributed by atoms with Crippen molar-refractivity contribution in [3.05, 3.63) is 40.7 Å². The molecule has 1 aromatic heterocycles. The van der Waals surface area contributed by atoms with E-state index in [-0.39, 0.29) is 11.0 Å². The van der Waals surface area contributed by atoms with Gasteiger partial charge in [-0.2, -0.15) is 9.97 Å². The predicted molar refractivity (Wildman–Crippen MR) is 73.0 cm³/mol. The number of nitrogens with two attached hydrogens (primary N) is 2. The second-order valence-corrected chi connectivity index (χ2v) is 4.15. The molecular formula is C11H12ClFN6. The molecule has 1 aromatic carbocycles. The van der Waals surface area contributed by atoms with E-state index in [1.54, 1.807) is 12.1 Å². The van der Waals surface area contributed by atoms with E-state index in [2.05, 4.69) is 20.7 Å². The summed E-state index contributed by atoms with van der Waals surface area (Å²) in [6, 6.07) is 6.07. The van der Waals surface area contributed by atoms with Gasteiger partial charge in [0, 0.05) is 12.6 Å². The molecule has 8 heteroatoms. The number of hydrogen-bond acceptors (Lipinski definition) is 6. The minimum absolute atomic E-state index is 0.0748. The van der Waals surface area contributed by atoms with Crippen molar-refractivity contribution in [2.45, 2.75) is 6.54 Å². The third-order valence-electron chi connectivity index (χ3n) is 2.35. The third kappa shape index (κ3) is 3.43. The minimum Gasteiger partial charge on any atom is -0.368 e. The van der Waals surface area contributed by atoms with Crippen LogP contribution in [0, 0.1) is 5.82 Å². The monoisotopic (exact) mass is 282 g/mol. The van der Waals surface area contributed by atoms with Crippen LogP contribution in [0.5, 0.6) is 0 Å². The lowest BCUT2D eigenvalue weighted by Crippen LogP contribution is -2.12. The highest BCUT2D eigenvalue weighted by atomic mass is 35.5. The third-order valence-corrected chi connectivity index (χ3v) is 2.64. The first-order valence-corrected chi connectivity index (χ1v) is 5.75. The molecular weight excluding hydrogens is 271 g/mol. The van der Waals surface area contributed by atoms with E-state index in [0.29, 0.717) is 18.2 Å². The fraction of sp³-hybridized carbons (Fsp3) is 0.0909. The molecule has 19 heavy (non-hydrogen) atoms. The van der Waals surface area contributed by atoms with Crippen LogP contribution >= 0.6 is 11.6 Å². The molecule has 100 valence electrons. The number of aromatic nitrogens is 2. The Bertz CT molecular complexity index is 591. The van der Waals surface area contributed by atoms with Gasteiger partial charge in [0.15, 0.2) is 0 Å². The van der Waals surface area contributed by atoms with E-state index in [4.69, 9.17) is 23.2 Å². The Morgan fingerprint density at radius 3 is 2.63 bits per heavy atom. The van der Waals surface area contributed by atoms with Crippen LogP contribution < -0.4 is 22.3 Å². The Balaban J connectivity index is 2.09. The van der Waals surface area contributed by atoms with Crippen LogP contribution in [0.25, 0.3) is 0 Å². The van der Waals surface area contributed by atoms with Gasteiger partial charge >= 0.3 is 0 Å². The van der Waals surface area contributed by atoms with Crippen LogP contribution in [-0.2, 0) is 6.54 Å². The van der Waals surface area contributed by atoms with Crippen LogP contribution in [0.2, 0.25) is 5.02 Å². The zero-order chi connectivity index (χ0) is 13.8. The Kier molecular flexibility index (Phi) is 3.98. The summed E-state index contributed by atoms with van der Waals surface area (Å²) in [5.41, 5.74) is 8.71. The van der Waals surface area contributed by atoms with Gasteiger partial charge in [-0.05, 0) is 17.7 Å². The number of hydrogen-bond donors (Lipinski definition) is 4. The highest BCUT2D eigenvalue weighted by Crippen LogP contribution is 2.17. The first-order valence-electron chi connectivity index (χ1n) is 5.37. The number of nitrogen functional groups attached to an aromatic ring is 2. The first-order chi connectivity index (χ1) is 9.08. The van der Waals surface area contributed by atoms with Crippen molar-refractivity contribution in [3.8, 4) is 0 Å². The molecule has 0 radical (unpaired) electrons. The number of benzene rings is 1. The van der Waals surface area contributed by atoms with E-state index in [0.717, 1.165) is 5.56 Å². The van der Waals surface area contributed by atoms with Crippen molar-refractivity contribution in [1.82, 2.24) is 9.97 Å². The topological polar surface area (TPSA) is 102 Å². The van der Waals surface area contributed by atoms with Gasteiger partial charge in [0.05, 0.1) is 5.02 Å². The van der Waals surface area contributed by atoms with Crippen molar-refractivity contribution >= 4 is 29.2 Å². The minimum atomic E-state index is -0.452. The zero-order valence-electron chi connectivity index (χ0n) is 9.82. The number of anilines is 3. The number of nitrogens with one attached hydrogen (secondary N) is 2.